The molecule has 0 bridgehead atoms. The lowest BCUT2D eigenvalue weighted by molar-refractivity contribution is -0.166. The van der Waals surface area contributed by atoms with E-state index in [1.807, 2.05) is 0 Å². The number of esters is 2. The monoisotopic (exact) mass is 322 g/mol. The molecule has 6 nitrogen and oxygen atoms in total. The van der Waals surface area contributed by atoms with Gasteiger partial charge in [-0.05, 0) is 30.8 Å². The Kier molecular flexibility index (Phi) is 3.84. The zero-order valence-corrected chi connectivity index (χ0v) is 13.2. The van der Waals surface area contributed by atoms with Crippen LogP contribution in [0, 0.1) is 17.8 Å². The SMILES string of the molecule is C=C1[C@H]2[C@H]3OC(=O)[C@](O)(COC(C)=O)[C@@H]3CCC(=C)[C@@H]2C[C@@H]1O. The average molecular weight is 322 g/mol. The van der Waals surface area contributed by atoms with E-state index in [1.165, 1.54) is 6.92 Å². The van der Waals surface area contributed by atoms with Crippen LogP contribution in [0.25, 0.3) is 0 Å². The largest absolute Gasteiger partial charge is 0.462 e. The van der Waals surface area contributed by atoms with Gasteiger partial charge in [0, 0.05) is 18.8 Å². The lowest BCUT2D eigenvalue weighted by atomic mass is 9.78. The second-order valence-electron chi connectivity index (χ2n) is 6.84. The van der Waals surface area contributed by atoms with Crippen LogP contribution >= 0.6 is 0 Å². The molecule has 23 heavy (non-hydrogen) atoms. The molecule has 6 heteroatoms. The highest BCUT2D eigenvalue weighted by molar-refractivity contribution is 5.83. The molecule has 1 saturated heterocycles. The van der Waals surface area contributed by atoms with Gasteiger partial charge in [0.15, 0.2) is 0 Å². The highest BCUT2D eigenvalue weighted by Crippen LogP contribution is 2.53. The van der Waals surface area contributed by atoms with E-state index in [0.717, 1.165) is 5.57 Å². The fourth-order valence-corrected chi connectivity index (χ4v) is 4.24. The van der Waals surface area contributed by atoms with Crippen molar-refractivity contribution in [3.8, 4) is 0 Å². The highest BCUT2D eigenvalue weighted by atomic mass is 16.6. The molecule has 0 aromatic carbocycles. The molecule has 6 atom stereocenters. The van der Waals surface area contributed by atoms with Crippen molar-refractivity contribution in [1.29, 1.82) is 0 Å². The first-order chi connectivity index (χ1) is 10.8. The second kappa shape index (κ2) is 5.46. The van der Waals surface area contributed by atoms with Crippen LogP contribution in [0.4, 0.5) is 0 Å². The van der Waals surface area contributed by atoms with Gasteiger partial charge < -0.3 is 19.7 Å². The van der Waals surface area contributed by atoms with Gasteiger partial charge in [-0.1, -0.05) is 18.7 Å². The number of carbonyl (C=O) groups is 2. The van der Waals surface area contributed by atoms with Gasteiger partial charge in [0.05, 0.1) is 6.10 Å². The normalized spacial score (nSPS) is 42.7. The fraction of sp³-hybridized carbons (Fsp3) is 0.647. The molecule has 0 unspecified atom stereocenters. The molecule has 0 amide bonds. The second-order valence-corrected chi connectivity index (χ2v) is 6.84. The van der Waals surface area contributed by atoms with Gasteiger partial charge >= 0.3 is 11.9 Å². The topological polar surface area (TPSA) is 93.1 Å². The van der Waals surface area contributed by atoms with E-state index in [-0.39, 0.29) is 11.8 Å². The molecule has 1 aliphatic heterocycles. The summed E-state index contributed by atoms with van der Waals surface area (Å²) in [4.78, 5) is 23.3. The van der Waals surface area contributed by atoms with E-state index < -0.39 is 42.3 Å². The van der Waals surface area contributed by atoms with Crippen molar-refractivity contribution in [2.75, 3.05) is 6.61 Å². The Balaban J connectivity index is 1.93. The first-order valence-corrected chi connectivity index (χ1v) is 7.87. The maximum Gasteiger partial charge on any atom is 0.342 e. The molecule has 0 aromatic heterocycles. The quantitative estimate of drug-likeness (QED) is 0.575. The predicted molar refractivity (Wildman–Crippen MR) is 80.1 cm³/mol. The first-order valence-electron chi connectivity index (χ1n) is 7.87. The van der Waals surface area contributed by atoms with Gasteiger partial charge in [0.2, 0.25) is 5.60 Å². The summed E-state index contributed by atoms with van der Waals surface area (Å²) >= 11 is 0. The minimum absolute atomic E-state index is 0.00336. The van der Waals surface area contributed by atoms with Crippen LogP contribution in [-0.2, 0) is 19.1 Å². The number of aliphatic hydroxyl groups is 2. The van der Waals surface area contributed by atoms with Crippen LogP contribution in [0.3, 0.4) is 0 Å². The summed E-state index contributed by atoms with van der Waals surface area (Å²) in [5.41, 5.74) is -0.246. The molecular weight excluding hydrogens is 300 g/mol. The van der Waals surface area contributed by atoms with Crippen LogP contribution in [0.15, 0.2) is 24.3 Å². The summed E-state index contributed by atoms with van der Waals surface area (Å²) in [5, 5.41) is 20.9. The molecule has 3 aliphatic rings. The number of aliphatic hydroxyl groups excluding tert-OH is 1. The van der Waals surface area contributed by atoms with Crippen LogP contribution in [0.2, 0.25) is 0 Å². The van der Waals surface area contributed by atoms with Gasteiger partial charge in [-0.3, -0.25) is 4.79 Å². The number of carbonyl (C=O) groups excluding carboxylic acids is 2. The standard InChI is InChI=1S/C17H22O6/c1-8-4-5-12-15(14-9(2)13(19)6-11(8)14)23-16(20)17(12,21)7-22-10(3)18/h11-15,19,21H,1-2,4-7H2,3H3/t11-,12+,13-,14+,15-,17-/m0/s1. The van der Waals surface area contributed by atoms with Crippen molar-refractivity contribution in [3.63, 3.8) is 0 Å². The molecule has 3 rings (SSSR count). The summed E-state index contributed by atoms with van der Waals surface area (Å²) in [6.45, 7) is 8.86. The van der Waals surface area contributed by atoms with E-state index >= 15 is 0 Å². The van der Waals surface area contributed by atoms with Gasteiger partial charge in [0.25, 0.3) is 0 Å². The Hall–Kier alpha value is -1.66. The van der Waals surface area contributed by atoms with E-state index in [2.05, 4.69) is 13.2 Å². The molecule has 0 spiro atoms. The summed E-state index contributed by atoms with van der Waals surface area (Å²) in [6.07, 6.45) is 0.439. The van der Waals surface area contributed by atoms with Crippen LogP contribution < -0.4 is 0 Å². The molecule has 2 saturated carbocycles. The Morgan fingerprint density at radius 3 is 2.83 bits per heavy atom. The van der Waals surface area contributed by atoms with Crippen molar-refractivity contribution in [2.45, 2.75) is 44.0 Å². The third kappa shape index (κ3) is 2.40. The number of hydrogen-bond donors (Lipinski definition) is 2. The fourth-order valence-electron chi connectivity index (χ4n) is 4.24. The number of fused-ring (bicyclic) bond motifs is 3. The van der Waals surface area contributed by atoms with E-state index in [4.69, 9.17) is 9.47 Å². The van der Waals surface area contributed by atoms with Gasteiger partial charge in [-0.25, -0.2) is 4.79 Å². The van der Waals surface area contributed by atoms with Crippen molar-refractivity contribution in [1.82, 2.24) is 0 Å². The molecule has 126 valence electrons. The molecule has 0 radical (unpaired) electrons. The summed E-state index contributed by atoms with van der Waals surface area (Å²) in [5.74, 6) is -2.10. The predicted octanol–water partition coefficient (Wildman–Crippen LogP) is 0.725. The Labute approximate surface area is 134 Å². The van der Waals surface area contributed by atoms with Crippen molar-refractivity contribution < 1.29 is 29.3 Å². The number of allylic oxidation sites excluding steroid dienone is 1. The van der Waals surface area contributed by atoms with Crippen LogP contribution in [0.1, 0.15) is 26.2 Å². The van der Waals surface area contributed by atoms with Crippen molar-refractivity contribution >= 4 is 11.9 Å². The first kappa shape index (κ1) is 16.2. The van der Waals surface area contributed by atoms with E-state index in [1.54, 1.807) is 0 Å². The van der Waals surface area contributed by atoms with Gasteiger partial charge in [-0.2, -0.15) is 0 Å². The Bertz CT molecular complexity index is 582. The minimum atomic E-state index is -1.85. The maximum absolute atomic E-state index is 12.3. The summed E-state index contributed by atoms with van der Waals surface area (Å²) in [7, 11) is 0. The Morgan fingerprint density at radius 2 is 2.17 bits per heavy atom. The molecular formula is C17H22O6. The smallest absolute Gasteiger partial charge is 0.342 e. The third-order valence-electron chi connectivity index (χ3n) is 5.52. The zero-order valence-electron chi connectivity index (χ0n) is 13.2. The lowest BCUT2D eigenvalue weighted by Gasteiger charge is -2.29. The van der Waals surface area contributed by atoms with Gasteiger partial charge in [0.1, 0.15) is 12.7 Å². The maximum atomic E-state index is 12.3. The average Bonchev–Trinajstić information content (AvgIpc) is 2.85. The molecule has 0 aromatic rings. The molecule has 1 heterocycles. The molecule has 3 fully saturated rings. The number of hydrogen-bond acceptors (Lipinski definition) is 6. The van der Waals surface area contributed by atoms with Crippen LogP contribution in [-0.4, -0.2) is 46.6 Å². The third-order valence-corrected chi connectivity index (χ3v) is 5.52. The molecule has 2 aliphatic carbocycles. The van der Waals surface area contributed by atoms with Crippen molar-refractivity contribution in [3.05, 3.63) is 24.3 Å². The minimum Gasteiger partial charge on any atom is -0.462 e. The van der Waals surface area contributed by atoms with Gasteiger partial charge in [-0.15, -0.1) is 0 Å². The zero-order chi connectivity index (χ0) is 16.9. The van der Waals surface area contributed by atoms with E-state index in [9.17, 15) is 19.8 Å². The molecule has 2 N–H and O–H groups in total. The number of rotatable bonds is 2. The summed E-state index contributed by atoms with van der Waals surface area (Å²) in [6, 6.07) is 0. The van der Waals surface area contributed by atoms with Crippen molar-refractivity contribution in [2.24, 2.45) is 17.8 Å². The summed E-state index contributed by atoms with van der Waals surface area (Å²) < 4.78 is 10.4. The van der Waals surface area contributed by atoms with E-state index in [0.29, 0.717) is 24.8 Å². The van der Waals surface area contributed by atoms with Crippen LogP contribution in [0.5, 0.6) is 0 Å². The highest BCUT2D eigenvalue weighted by Gasteiger charge is 2.62. The number of ether oxygens (including phenoxy) is 2. The Morgan fingerprint density at radius 1 is 1.48 bits per heavy atom. The lowest BCUT2D eigenvalue weighted by Crippen LogP contribution is -2.47.